The van der Waals surface area contributed by atoms with Crippen molar-refractivity contribution in [3.8, 4) is 17.2 Å². The fourth-order valence-electron chi connectivity index (χ4n) is 2.24. The zero-order chi connectivity index (χ0) is 14.5. The Hall–Kier alpha value is -2.16. The molecule has 0 spiro atoms. The number of methoxy groups -OCH3 is 1. The zero-order valence-corrected chi connectivity index (χ0v) is 11.9. The number of aromatic hydroxyl groups is 2. The first kappa shape index (κ1) is 14.3. The molecule has 2 rings (SSSR count). The molecule has 0 heterocycles. The third kappa shape index (κ3) is 3.44. The van der Waals surface area contributed by atoms with Crippen molar-refractivity contribution in [3.63, 3.8) is 0 Å². The molecule has 2 aromatic carbocycles. The number of hydrogen-bond acceptors (Lipinski definition) is 3. The molecular weight excluding hydrogens is 252 g/mol. The minimum atomic E-state index is 0.284. The number of phenolic OH excluding ortho intramolecular Hbond substituents is 2. The Balaban J connectivity index is 1.94. The number of hydrogen-bond donors (Lipinski definition) is 2. The van der Waals surface area contributed by atoms with Gasteiger partial charge in [0.25, 0.3) is 0 Å². The van der Waals surface area contributed by atoms with E-state index in [1.807, 2.05) is 31.2 Å². The van der Waals surface area contributed by atoms with Crippen LogP contribution in [-0.4, -0.2) is 17.3 Å². The SMILES string of the molecule is COc1ccc(CCCc2ccc(O)c(C)c2)c(O)c1. The van der Waals surface area contributed by atoms with Crippen LogP contribution in [-0.2, 0) is 12.8 Å². The van der Waals surface area contributed by atoms with E-state index in [4.69, 9.17) is 4.74 Å². The van der Waals surface area contributed by atoms with E-state index in [2.05, 4.69) is 0 Å². The summed E-state index contributed by atoms with van der Waals surface area (Å²) in [5.74, 6) is 1.29. The lowest BCUT2D eigenvalue weighted by Gasteiger charge is -2.08. The molecule has 0 amide bonds. The first-order chi connectivity index (χ1) is 9.60. The lowest BCUT2D eigenvalue weighted by Crippen LogP contribution is -1.92. The van der Waals surface area contributed by atoms with Gasteiger partial charge in [0.05, 0.1) is 7.11 Å². The van der Waals surface area contributed by atoms with Crippen molar-refractivity contribution >= 4 is 0 Å². The van der Waals surface area contributed by atoms with E-state index < -0.39 is 0 Å². The van der Waals surface area contributed by atoms with E-state index in [0.29, 0.717) is 11.5 Å². The van der Waals surface area contributed by atoms with Crippen molar-refractivity contribution in [1.82, 2.24) is 0 Å². The molecule has 106 valence electrons. The summed E-state index contributed by atoms with van der Waals surface area (Å²) >= 11 is 0. The van der Waals surface area contributed by atoms with Crippen LogP contribution in [0.3, 0.4) is 0 Å². The van der Waals surface area contributed by atoms with Crippen LogP contribution in [0.25, 0.3) is 0 Å². The minimum absolute atomic E-state index is 0.284. The molecular formula is C17H20O3. The van der Waals surface area contributed by atoms with Gasteiger partial charge in [-0.15, -0.1) is 0 Å². The average molecular weight is 272 g/mol. The van der Waals surface area contributed by atoms with Gasteiger partial charge in [0.15, 0.2) is 0 Å². The highest BCUT2D eigenvalue weighted by molar-refractivity contribution is 5.40. The van der Waals surface area contributed by atoms with Gasteiger partial charge in [0, 0.05) is 6.07 Å². The number of aryl methyl sites for hydroxylation is 3. The van der Waals surface area contributed by atoms with Gasteiger partial charge in [-0.3, -0.25) is 0 Å². The van der Waals surface area contributed by atoms with Crippen molar-refractivity contribution in [2.75, 3.05) is 7.11 Å². The monoisotopic (exact) mass is 272 g/mol. The van der Waals surface area contributed by atoms with E-state index in [1.165, 1.54) is 5.56 Å². The van der Waals surface area contributed by atoms with Gasteiger partial charge in [-0.25, -0.2) is 0 Å². The number of phenols is 2. The number of benzene rings is 2. The highest BCUT2D eigenvalue weighted by Gasteiger charge is 2.04. The van der Waals surface area contributed by atoms with Crippen LogP contribution >= 0.6 is 0 Å². The zero-order valence-electron chi connectivity index (χ0n) is 11.9. The summed E-state index contributed by atoms with van der Waals surface area (Å²) in [5, 5.41) is 19.4. The summed E-state index contributed by atoms with van der Waals surface area (Å²) in [5.41, 5.74) is 3.03. The van der Waals surface area contributed by atoms with Crippen molar-refractivity contribution < 1.29 is 14.9 Å². The van der Waals surface area contributed by atoms with Gasteiger partial charge < -0.3 is 14.9 Å². The molecule has 0 aliphatic rings. The van der Waals surface area contributed by atoms with Gasteiger partial charge in [-0.1, -0.05) is 18.2 Å². The molecule has 0 saturated heterocycles. The molecule has 0 aromatic heterocycles. The van der Waals surface area contributed by atoms with Gasteiger partial charge in [-0.05, 0) is 55.0 Å². The Labute approximate surface area is 119 Å². The molecule has 3 heteroatoms. The van der Waals surface area contributed by atoms with Gasteiger partial charge in [0.2, 0.25) is 0 Å². The minimum Gasteiger partial charge on any atom is -0.508 e. The van der Waals surface area contributed by atoms with E-state index in [1.54, 1.807) is 19.2 Å². The maximum Gasteiger partial charge on any atom is 0.122 e. The second-order valence-electron chi connectivity index (χ2n) is 4.97. The Bertz CT molecular complexity index is 591. The maximum absolute atomic E-state index is 9.89. The molecule has 0 saturated carbocycles. The van der Waals surface area contributed by atoms with Crippen LogP contribution in [0.15, 0.2) is 36.4 Å². The fraction of sp³-hybridized carbons (Fsp3) is 0.294. The highest BCUT2D eigenvalue weighted by Crippen LogP contribution is 2.25. The Morgan fingerprint density at radius 2 is 1.75 bits per heavy atom. The summed E-state index contributed by atoms with van der Waals surface area (Å²) in [6.07, 6.45) is 2.69. The predicted molar refractivity (Wildman–Crippen MR) is 79.5 cm³/mol. The Morgan fingerprint density at radius 1 is 0.950 bits per heavy atom. The average Bonchev–Trinajstić information content (AvgIpc) is 2.44. The van der Waals surface area contributed by atoms with E-state index in [0.717, 1.165) is 30.4 Å². The van der Waals surface area contributed by atoms with E-state index in [9.17, 15) is 10.2 Å². The molecule has 0 radical (unpaired) electrons. The Kier molecular flexibility index (Phi) is 4.51. The first-order valence-corrected chi connectivity index (χ1v) is 6.74. The van der Waals surface area contributed by atoms with Crippen LogP contribution in [0.5, 0.6) is 17.2 Å². The Morgan fingerprint density at radius 3 is 2.40 bits per heavy atom. The fourth-order valence-corrected chi connectivity index (χ4v) is 2.24. The molecule has 0 aliphatic carbocycles. The molecule has 0 fully saturated rings. The first-order valence-electron chi connectivity index (χ1n) is 6.74. The van der Waals surface area contributed by atoms with Gasteiger partial charge in [-0.2, -0.15) is 0 Å². The molecule has 3 nitrogen and oxygen atoms in total. The summed E-state index contributed by atoms with van der Waals surface area (Å²) in [6.45, 7) is 1.90. The van der Waals surface area contributed by atoms with Crippen LogP contribution in [0, 0.1) is 6.92 Å². The van der Waals surface area contributed by atoms with Gasteiger partial charge in [0.1, 0.15) is 17.2 Å². The van der Waals surface area contributed by atoms with Crippen LogP contribution in [0.1, 0.15) is 23.1 Å². The second-order valence-corrected chi connectivity index (χ2v) is 4.97. The standard InChI is InChI=1S/C17H20O3/c1-12-10-13(6-9-16(12)18)4-3-5-14-7-8-15(20-2)11-17(14)19/h6-11,18-19H,3-5H2,1-2H3. The molecule has 2 N–H and O–H groups in total. The molecule has 0 unspecified atom stereocenters. The highest BCUT2D eigenvalue weighted by atomic mass is 16.5. The van der Waals surface area contributed by atoms with Crippen LogP contribution < -0.4 is 4.74 Å². The smallest absolute Gasteiger partial charge is 0.122 e. The molecule has 0 atom stereocenters. The topological polar surface area (TPSA) is 49.7 Å². The van der Waals surface area contributed by atoms with Crippen molar-refractivity contribution in [1.29, 1.82) is 0 Å². The van der Waals surface area contributed by atoms with E-state index >= 15 is 0 Å². The maximum atomic E-state index is 9.89. The molecule has 0 aliphatic heterocycles. The second kappa shape index (κ2) is 6.33. The quantitative estimate of drug-likeness (QED) is 0.874. The lowest BCUT2D eigenvalue weighted by molar-refractivity contribution is 0.406. The summed E-state index contributed by atoms with van der Waals surface area (Å²) in [7, 11) is 1.58. The summed E-state index contributed by atoms with van der Waals surface area (Å²) in [6, 6.07) is 11.1. The number of rotatable bonds is 5. The van der Waals surface area contributed by atoms with Crippen molar-refractivity contribution in [3.05, 3.63) is 53.1 Å². The normalized spacial score (nSPS) is 10.5. The third-order valence-electron chi connectivity index (χ3n) is 3.47. The molecule has 2 aromatic rings. The third-order valence-corrected chi connectivity index (χ3v) is 3.47. The number of ether oxygens (including phenoxy) is 1. The van der Waals surface area contributed by atoms with Crippen LogP contribution in [0.4, 0.5) is 0 Å². The summed E-state index contributed by atoms with van der Waals surface area (Å²) < 4.78 is 5.06. The molecule has 0 bridgehead atoms. The molecule has 20 heavy (non-hydrogen) atoms. The van der Waals surface area contributed by atoms with Crippen molar-refractivity contribution in [2.24, 2.45) is 0 Å². The van der Waals surface area contributed by atoms with Gasteiger partial charge >= 0.3 is 0 Å². The largest absolute Gasteiger partial charge is 0.508 e. The van der Waals surface area contributed by atoms with Crippen LogP contribution in [0.2, 0.25) is 0 Å². The lowest BCUT2D eigenvalue weighted by atomic mass is 10.0. The summed E-state index contributed by atoms with van der Waals surface area (Å²) in [4.78, 5) is 0. The van der Waals surface area contributed by atoms with Crippen molar-refractivity contribution in [2.45, 2.75) is 26.2 Å². The van der Waals surface area contributed by atoms with E-state index in [-0.39, 0.29) is 5.75 Å². The predicted octanol–water partition coefficient (Wildman–Crippen LogP) is 3.59.